The second-order valence-corrected chi connectivity index (χ2v) is 10.0. The Balaban J connectivity index is 3.56. The lowest BCUT2D eigenvalue weighted by Gasteiger charge is -2.37. The van der Waals surface area contributed by atoms with Crippen LogP contribution in [-0.4, -0.2) is 71.9 Å². The molecule has 1 fully saturated rings. The quantitative estimate of drug-likeness (QED) is 0.198. The topological polar surface area (TPSA) is 101 Å². The van der Waals surface area contributed by atoms with Gasteiger partial charge in [0.1, 0.15) is 29.4 Å². The molecule has 8 heteroatoms. The van der Waals surface area contributed by atoms with Crippen LogP contribution in [0.2, 0.25) is 0 Å². The SMILES string of the molecule is CCCCOC[C@@H]1[C@@H](OCCCC)[C@@](C)(OCCCC)[C@H](/C(C#N)=C/O)N1C(=O)OC(C)(C)C. The summed E-state index contributed by atoms with van der Waals surface area (Å²) in [6.45, 7) is 15.2. The number of rotatable bonds is 14. The molecule has 0 aromatic carbocycles. The highest BCUT2D eigenvalue weighted by atomic mass is 16.6. The fourth-order valence-corrected chi connectivity index (χ4v) is 4.17. The average molecular weight is 483 g/mol. The smallest absolute Gasteiger partial charge is 0.411 e. The van der Waals surface area contributed by atoms with Crippen LogP contribution in [0.1, 0.15) is 87.0 Å². The van der Waals surface area contributed by atoms with Crippen LogP contribution in [0, 0.1) is 11.3 Å². The summed E-state index contributed by atoms with van der Waals surface area (Å²) >= 11 is 0. The Bertz CT molecular complexity index is 684. The van der Waals surface area contributed by atoms with Gasteiger partial charge in [-0.3, -0.25) is 4.90 Å². The lowest BCUT2D eigenvalue weighted by Crippen LogP contribution is -2.52. The van der Waals surface area contributed by atoms with E-state index in [0.29, 0.717) is 19.8 Å². The first kappa shape index (κ1) is 30.2. The molecule has 1 rings (SSSR count). The second kappa shape index (κ2) is 14.6. The van der Waals surface area contributed by atoms with E-state index in [2.05, 4.69) is 26.8 Å². The van der Waals surface area contributed by atoms with Crippen LogP contribution in [0.25, 0.3) is 0 Å². The van der Waals surface area contributed by atoms with Crippen molar-refractivity contribution < 1.29 is 28.8 Å². The van der Waals surface area contributed by atoms with Gasteiger partial charge in [0.15, 0.2) is 0 Å². The van der Waals surface area contributed by atoms with E-state index in [9.17, 15) is 15.2 Å². The van der Waals surface area contributed by atoms with Crippen LogP contribution >= 0.6 is 0 Å². The largest absolute Gasteiger partial charge is 0.514 e. The minimum Gasteiger partial charge on any atom is -0.514 e. The maximum Gasteiger partial charge on any atom is 0.411 e. The number of likely N-dealkylation sites (tertiary alicyclic amines) is 1. The third-order valence-electron chi connectivity index (χ3n) is 5.90. The Morgan fingerprint density at radius 2 is 1.68 bits per heavy atom. The van der Waals surface area contributed by atoms with Crippen LogP contribution < -0.4 is 0 Å². The molecule has 196 valence electrons. The summed E-state index contributed by atoms with van der Waals surface area (Å²) in [7, 11) is 0. The fraction of sp³-hybridized carbons (Fsp3) is 0.846. The molecule has 0 unspecified atom stereocenters. The Labute approximate surface area is 206 Å². The molecule has 1 aliphatic rings. The Hall–Kier alpha value is -1.82. The zero-order valence-corrected chi connectivity index (χ0v) is 22.3. The van der Waals surface area contributed by atoms with Gasteiger partial charge in [-0.05, 0) is 47.0 Å². The summed E-state index contributed by atoms with van der Waals surface area (Å²) in [4.78, 5) is 15.0. The molecular weight excluding hydrogens is 436 g/mol. The molecule has 1 N–H and O–H groups in total. The number of carbonyl (C=O) groups excluding carboxylic acids is 1. The Morgan fingerprint density at radius 1 is 1.09 bits per heavy atom. The number of amides is 1. The first-order chi connectivity index (χ1) is 16.1. The zero-order chi connectivity index (χ0) is 25.8. The maximum atomic E-state index is 13.5. The molecule has 0 aromatic rings. The van der Waals surface area contributed by atoms with Crippen molar-refractivity contribution in [3.8, 4) is 6.07 Å². The van der Waals surface area contributed by atoms with E-state index in [1.54, 1.807) is 20.8 Å². The van der Waals surface area contributed by atoms with Crippen molar-refractivity contribution >= 4 is 6.09 Å². The van der Waals surface area contributed by atoms with Crippen molar-refractivity contribution in [1.82, 2.24) is 4.90 Å². The number of hydrogen-bond donors (Lipinski definition) is 1. The minimum absolute atomic E-state index is 0.0185. The van der Waals surface area contributed by atoms with Gasteiger partial charge in [-0.1, -0.05) is 40.0 Å². The minimum atomic E-state index is -1.08. The lowest BCUT2D eigenvalue weighted by molar-refractivity contribution is -0.131. The molecule has 8 nitrogen and oxygen atoms in total. The van der Waals surface area contributed by atoms with Crippen molar-refractivity contribution in [2.75, 3.05) is 26.4 Å². The summed E-state index contributed by atoms with van der Waals surface area (Å²) < 4.78 is 24.5. The zero-order valence-electron chi connectivity index (χ0n) is 22.3. The summed E-state index contributed by atoms with van der Waals surface area (Å²) in [5.41, 5.74) is -1.81. The monoisotopic (exact) mass is 482 g/mol. The molecule has 0 saturated carbocycles. The molecule has 0 bridgehead atoms. The predicted molar refractivity (Wildman–Crippen MR) is 132 cm³/mol. The van der Waals surface area contributed by atoms with Gasteiger partial charge in [-0.15, -0.1) is 0 Å². The molecule has 0 spiro atoms. The highest BCUT2D eigenvalue weighted by Gasteiger charge is 2.62. The van der Waals surface area contributed by atoms with Crippen molar-refractivity contribution in [2.45, 2.75) is 116 Å². The number of aliphatic hydroxyl groups excluding tert-OH is 1. The van der Waals surface area contributed by atoms with Gasteiger partial charge in [0.05, 0.1) is 24.5 Å². The van der Waals surface area contributed by atoms with Crippen molar-refractivity contribution in [2.24, 2.45) is 0 Å². The number of aliphatic hydroxyl groups is 1. The first-order valence-electron chi connectivity index (χ1n) is 12.7. The molecule has 1 heterocycles. The van der Waals surface area contributed by atoms with E-state index in [1.807, 2.05) is 6.92 Å². The Morgan fingerprint density at radius 3 is 2.21 bits per heavy atom. The second-order valence-electron chi connectivity index (χ2n) is 10.0. The normalized spacial score (nSPS) is 25.4. The van der Waals surface area contributed by atoms with Gasteiger partial charge in [0.2, 0.25) is 0 Å². The van der Waals surface area contributed by atoms with Crippen LogP contribution in [0.15, 0.2) is 11.8 Å². The van der Waals surface area contributed by atoms with Crippen molar-refractivity contribution in [3.63, 3.8) is 0 Å². The predicted octanol–water partition coefficient (Wildman–Crippen LogP) is 5.52. The summed E-state index contributed by atoms with van der Waals surface area (Å²) in [6, 6.07) is 0.616. The number of unbranched alkanes of at least 4 members (excludes halogenated alkanes) is 3. The van der Waals surface area contributed by atoms with E-state index in [-0.39, 0.29) is 12.2 Å². The molecule has 0 radical (unpaired) electrons. The average Bonchev–Trinajstić information content (AvgIpc) is 3.00. The van der Waals surface area contributed by atoms with E-state index < -0.39 is 35.5 Å². The van der Waals surface area contributed by atoms with E-state index in [0.717, 1.165) is 44.8 Å². The molecule has 1 amide bonds. The van der Waals surface area contributed by atoms with E-state index in [4.69, 9.17) is 18.9 Å². The summed E-state index contributed by atoms with van der Waals surface area (Å²) in [6.07, 6.45) is 5.03. The third-order valence-corrected chi connectivity index (χ3v) is 5.90. The van der Waals surface area contributed by atoms with Gasteiger partial charge in [-0.25, -0.2) is 4.79 Å². The summed E-state index contributed by atoms with van der Waals surface area (Å²) in [5.74, 6) is 0. The van der Waals surface area contributed by atoms with Crippen LogP contribution in [0.3, 0.4) is 0 Å². The van der Waals surface area contributed by atoms with Gasteiger partial charge in [0.25, 0.3) is 0 Å². The van der Waals surface area contributed by atoms with Gasteiger partial charge in [-0.2, -0.15) is 5.26 Å². The highest BCUT2D eigenvalue weighted by Crippen LogP contribution is 2.43. The molecule has 4 atom stereocenters. The van der Waals surface area contributed by atoms with Gasteiger partial charge in [0, 0.05) is 19.8 Å². The number of carbonyl (C=O) groups is 1. The number of hydrogen-bond acceptors (Lipinski definition) is 7. The molecule has 0 aliphatic carbocycles. The van der Waals surface area contributed by atoms with Gasteiger partial charge < -0.3 is 24.1 Å². The molecule has 1 saturated heterocycles. The lowest BCUT2D eigenvalue weighted by atomic mass is 9.88. The van der Waals surface area contributed by atoms with Crippen molar-refractivity contribution in [1.29, 1.82) is 5.26 Å². The number of nitrogens with zero attached hydrogens (tertiary/aromatic N) is 2. The van der Waals surface area contributed by atoms with Crippen LogP contribution in [0.5, 0.6) is 0 Å². The summed E-state index contributed by atoms with van der Waals surface area (Å²) in [5, 5.41) is 19.8. The maximum absolute atomic E-state index is 13.5. The molecule has 1 aliphatic heterocycles. The van der Waals surface area contributed by atoms with Crippen molar-refractivity contribution in [3.05, 3.63) is 11.8 Å². The van der Waals surface area contributed by atoms with E-state index in [1.165, 1.54) is 4.90 Å². The van der Waals surface area contributed by atoms with E-state index >= 15 is 0 Å². The van der Waals surface area contributed by atoms with Gasteiger partial charge >= 0.3 is 6.09 Å². The molecule has 0 aromatic heterocycles. The fourth-order valence-electron chi connectivity index (χ4n) is 4.17. The standard InChI is InChI=1S/C26H46N2O6/c1-8-11-14-31-19-21-23(32-15-12-9-2)26(7,33-16-13-10-3)22(20(17-27)18-29)28(21)24(30)34-25(4,5)6/h18,21-23,29H,8-16,19H2,1-7H3/b20-18+/t21-,22+,23-,26+/m1/s1. The van der Waals surface area contributed by atoms with Crippen LogP contribution in [-0.2, 0) is 18.9 Å². The third kappa shape index (κ3) is 8.14. The molecule has 34 heavy (non-hydrogen) atoms. The number of ether oxygens (including phenoxy) is 4. The Kier molecular flexibility index (Phi) is 12.9. The number of nitriles is 1. The first-order valence-corrected chi connectivity index (χ1v) is 12.7. The highest BCUT2D eigenvalue weighted by molar-refractivity contribution is 5.71. The van der Waals surface area contributed by atoms with Crippen LogP contribution in [0.4, 0.5) is 4.79 Å². The molecular formula is C26H46N2O6.